The highest BCUT2D eigenvalue weighted by molar-refractivity contribution is 6.43. The average Bonchev–Trinajstić information content (AvgIpc) is 1.42. The number of carbonyl (C=O) groups excluding carboxylic acids is 15. The molecule has 140 heavy (non-hydrogen) atoms. The highest BCUT2D eigenvalue weighted by Crippen LogP contribution is 2.17. The summed E-state index contributed by atoms with van der Waals surface area (Å²) < 4.78 is 1.07. The van der Waals surface area contributed by atoms with Crippen LogP contribution in [0.15, 0.2) is 6.20 Å². The van der Waals surface area contributed by atoms with Gasteiger partial charge in [-0.3, -0.25) is 144 Å². The molecule has 66 nitrogen and oxygen atoms in total. The van der Waals surface area contributed by atoms with Crippen molar-refractivity contribution in [2.75, 3.05) is 6.54 Å². The molecular formula is C74H101N19O47. The number of nitrogens with zero attached hydrogens (tertiary/aromatic N) is 3. The number of ketones is 6. The van der Waals surface area contributed by atoms with Crippen LogP contribution in [-0.4, -0.2) is 366 Å². The van der Waals surface area contributed by atoms with Crippen LogP contribution in [0.3, 0.4) is 0 Å². The van der Waals surface area contributed by atoms with E-state index in [4.69, 9.17) is 10.8 Å². The second-order valence-corrected chi connectivity index (χ2v) is 30.0. The summed E-state index contributed by atoms with van der Waals surface area (Å²) in [5.41, 5.74) is 17.8. The van der Waals surface area contributed by atoms with E-state index in [1.807, 2.05) is 37.7 Å². The number of nitrogens with two attached hydrogens (primary N) is 1. The third-order valence-corrected chi connectivity index (χ3v) is 19.0. The quantitative estimate of drug-likeness (QED) is 0.0164. The first-order valence-corrected chi connectivity index (χ1v) is 40.8. The Kier molecular flexibility index (Phi) is 52.9. The Bertz CT molecular complexity index is 4860. The third-order valence-electron chi connectivity index (χ3n) is 19.0. The van der Waals surface area contributed by atoms with Crippen LogP contribution in [0.25, 0.3) is 0 Å². The molecular weight excluding hydrogens is 1910 g/mol. The summed E-state index contributed by atoms with van der Waals surface area (Å²) in [4.78, 5) is 402. The van der Waals surface area contributed by atoms with Crippen LogP contribution < -0.4 is 86.1 Å². The van der Waals surface area contributed by atoms with Crippen LogP contribution in [0.4, 0.5) is 5.82 Å². The van der Waals surface area contributed by atoms with E-state index in [9.17, 15) is 225 Å². The number of aliphatic carboxylic acids is 15. The van der Waals surface area contributed by atoms with Crippen LogP contribution in [0.5, 0.6) is 0 Å². The lowest BCUT2D eigenvalue weighted by molar-refractivity contribution is -0.392. The van der Waals surface area contributed by atoms with Crippen LogP contribution in [0.1, 0.15) is 154 Å². The van der Waals surface area contributed by atoms with Gasteiger partial charge in [-0.25, -0.2) is 42.1 Å². The number of nitrogens with one attached hydrogen (secondary N) is 15. The van der Waals surface area contributed by atoms with Gasteiger partial charge in [-0.15, -0.1) is 0 Å². The number of carboxylic acids is 15. The number of carboxylic acid groups (broad SMARTS) is 15. The molecule has 0 spiro atoms. The predicted molar refractivity (Wildman–Crippen MR) is 442 cm³/mol. The minimum atomic E-state index is -2.77. The number of hydrogen-bond donors (Lipinski definition) is 31. The van der Waals surface area contributed by atoms with Crippen molar-refractivity contribution in [2.24, 2.45) is 5.73 Å². The van der Waals surface area contributed by atoms with Gasteiger partial charge in [0.1, 0.15) is 79.2 Å². The Morgan fingerprint density at radius 1 is 0.279 bits per heavy atom. The Morgan fingerprint density at radius 3 is 0.757 bits per heavy atom. The lowest BCUT2D eigenvalue weighted by Gasteiger charge is -2.27. The SMILES string of the molecule is Cc1ncc([N+](=O)[O-])n1CCNC(=O)[C@H](CCC(=O)O)NN[C@@H](CC(=O)O)C(=O)N[C@@H](CCC(=O)O)C(=O)C(=O)[C@H](CC(=O)O)NC(=O)[C@H](CCC(=O)O)NN[C@@H](CC(=O)O)C(=O)N[C@@H](CCC(=O)O)C(=O)C(=O)[C@H](CC(=O)O)NC(=O)[C@H](CCC(=O)O)NN[C@@H](CC(=O)O)C(=O)N[C@@H](CCC(=O)O)C(=O)C(=O)[C@H](CC(=O)O)NC(=O)[C@H](CCC(=O)O)NC(=O)[C@H](CC(=O)O)NC(=O)[C@@H](N)CCC(=O)O. The average molecular weight is 2010 g/mol. The van der Waals surface area contributed by atoms with Gasteiger partial charge in [-0.05, 0) is 56.3 Å². The number of Topliss-reactive ketones (excluding diaryl/α,β-unsaturated/α-hetero) is 6. The van der Waals surface area contributed by atoms with E-state index in [0.29, 0.717) is 0 Å². The largest absolute Gasteiger partial charge is 0.481 e. The van der Waals surface area contributed by atoms with Crippen molar-refractivity contribution in [3.8, 4) is 0 Å². The van der Waals surface area contributed by atoms with Gasteiger partial charge < -0.3 is 140 Å². The van der Waals surface area contributed by atoms with E-state index in [1.54, 1.807) is 26.6 Å². The number of hydrazine groups is 3. The van der Waals surface area contributed by atoms with Crippen molar-refractivity contribution < 1.29 is 225 Å². The molecule has 1 aromatic rings. The van der Waals surface area contributed by atoms with Crippen molar-refractivity contribution in [2.45, 2.75) is 252 Å². The normalized spacial score (nSPS) is 14.2. The summed E-state index contributed by atoms with van der Waals surface area (Å²) >= 11 is 0. The number of nitro groups is 1. The summed E-state index contributed by atoms with van der Waals surface area (Å²) in [7, 11) is 0. The Hall–Kier alpha value is -16.4. The molecule has 0 unspecified atom stereocenters. The minimum Gasteiger partial charge on any atom is -0.481 e. The molecule has 0 aliphatic rings. The summed E-state index contributed by atoms with van der Waals surface area (Å²) in [5.74, 6) is -55.0. The number of amides is 9. The standard InChI is InChI=1S/C74H101N19O47/c1-28-77-27-44(93(139)140)92(28)19-18-76-67(131)34(7-15-50(104)105)86-89-41(24-57(118)119)72(136)78-31(4-12-47(98)99)61(125)64(128)38(21-54(112)113)83-69(133)36(9-17-52(108)109)88-91-43(26-59(122)123)74(138)80-32(5-13-48(100)101)62(126)65(129)39(22-55(114)115)84-70(134)35(8-16-51(106)107)87-90-42(25-58(120)121)73(137)79-30(3-11-46(96)97)60(124)63(127)37(20-53(110)111)82-68(132)33(6-14-49(102)103)81-71(135)40(23-56(116)117)85-66(130)29(75)2-10-45(94)95/h27,29-43,86-91H,2-26,75H2,1H3,(H,76,131)(H,78,136)(H,79,137)(H,80,138)(H,81,135)(H,82,132)(H,83,133)(H,84,134)(H,85,130)(H,94,95)(H,96,97)(H,98,99)(H,100,101)(H,102,103)(H,104,105)(H,106,107)(H,108,109)(H,110,111)(H,112,113)(H,114,115)(H,116,117)(H,118,119)(H,120,121)(H,122,123)/t29-,30-,31-,32-,33-,34-,35-,36-,37-,38-,39-,40-,41-,42-,43-/m0/s1. The second-order valence-electron chi connectivity index (χ2n) is 30.0. The van der Waals surface area contributed by atoms with Crippen LogP contribution >= 0.6 is 0 Å². The number of hydrogen-bond acceptors (Lipinski definition) is 40. The fraction of sp³-hybridized carbons (Fsp3) is 0.554. The minimum absolute atomic E-state index is 0.120. The molecule has 774 valence electrons. The van der Waals surface area contributed by atoms with E-state index in [-0.39, 0.29) is 12.4 Å². The van der Waals surface area contributed by atoms with Crippen LogP contribution in [-0.2, 0) is 150 Å². The van der Waals surface area contributed by atoms with Gasteiger partial charge in [-0.2, -0.15) is 0 Å². The first-order chi connectivity index (χ1) is 65.2. The summed E-state index contributed by atoms with van der Waals surface area (Å²) in [5, 5.41) is 173. The van der Waals surface area contributed by atoms with Crippen LogP contribution in [0.2, 0.25) is 0 Å². The molecule has 0 aliphatic carbocycles. The first-order valence-electron chi connectivity index (χ1n) is 40.8. The first kappa shape index (κ1) is 122. The molecule has 32 N–H and O–H groups in total. The maximum Gasteiger partial charge on any atom is 0.342 e. The summed E-state index contributed by atoms with van der Waals surface area (Å²) in [6.45, 7) is 0.681. The molecule has 66 heteroatoms. The topological polar surface area (TPSA) is 1080 Å². The number of aryl methyl sites for hydroxylation is 1. The highest BCUT2D eigenvalue weighted by atomic mass is 16.6. The predicted octanol–water partition coefficient (Wildman–Crippen LogP) is -12.4. The smallest absolute Gasteiger partial charge is 0.342 e. The van der Waals surface area contributed by atoms with Crippen LogP contribution in [0, 0.1) is 17.0 Å². The fourth-order valence-electron chi connectivity index (χ4n) is 12.0. The zero-order valence-corrected chi connectivity index (χ0v) is 73.1. The van der Waals surface area contributed by atoms with E-state index in [2.05, 4.69) is 21.2 Å². The molecule has 0 bridgehead atoms. The van der Waals surface area contributed by atoms with Crippen molar-refractivity contribution >= 4 is 183 Å². The second kappa shape index (κ2) is 60.9. The molecule has 1 rings (SSSR count). The van der Waals surface area contributed by atoms with Gasteiger partial charge in [-0.1, -0.05) is 0 Å². The summed E-state index contributed by atoms with van der Waals surface area (Å²) in [6.07, 6.45) is -26.5. The van der Waals surface area contributed by atoms with Crippen molar-refractivity contribution in [1.82, 2.24) is 90.0 Å². The molecule has 1 heterocycles. The van der Waals surface area contributed by atoms with E-state index < -0.39 is 433 Å². The monoisotopic (exact) mass is 2010 g/mol. The number of rotatable bonds is 77. The van der Waals surface area contributed by atoms with Gasteiger partial charge in [0.15, 0.2) is 5.82 Å². The molecule has 9 amide bonds. The van der Waals surface area contributed by atoms with Crippen molar-refractivity contribution in [3.05, 3.63) is 22.1 Å². The highest BCUT2D eigenvalue weighted by Gasteiger charge is 2.44. The molecule has 0 aromatic carbocycles. The van der Waals surface area contributed by atoms with Gasteiger partial charge in [0, 0.05) is 58.3 Å². The number of imidazole rings is 1. The molecule has 1 aromatic heterocycles. The molecule has 0 fully saturated rings. The molecule has 0 saturated carbocycles. The molecule has 0 aliphatic heterocycles. The maximum atomic E-state index is 14.3. The van der Waals surface area contributed by atoms with Gasteiger partial charge in [0.05, 0.1) is 75.7 Å². The zero-order valence-electron chi connectivity index (χ0n) is 73.1. The molecule has 0 saturated heterocycles. The van der Waals surface area contributed by atoms with Gasteiger partial charge in [0.25, 0.3) is 0 Å². The fourth-order valence-corrected chi connectivity index (χ4v) is 12.0. The van der Waals surface area contributed by atoms with E-state index in [1.165, 1.54) is 6.92 Å². The maximum absolute atomic E-state index is 14.3. The zero-order chi connectivity index (χ0) is 107. The van der Waals surface area contributed by atoms with Crippen molar-refractivity contribution in [1.29, 1.82) is 0 Å². The lowest BCUT2D eigenvalue weighted by atomic mass is 9.96. The Morgan fingerprint density at radius 2 is 0.479 bits per heavy atom. The molecule has 15 atom stereocenters. The Labute approximate surface area is 782 Å². The van der Waals surface area contributed by atoms with E-state index >= 15 is 0 Å². The lowest BCUT2D eigenvalue weighted by Crippen LogP contribution is -2.62. The number of aromatic nitrogens is 2. The van der Waals surface area contributed by atoms with E-state index in [0.717, 1.165) is 10.8 Å². The number of carbonyl (C=O) groups is 30. The Balaban J connectivity index is 3.86. The van der Waals surface area contributed by atoms with Gasteiger partial charge >= 0.3 is 95.4 Å². The van der Waals surface area contributed by atoms with Gasteiger partial charge in [0.2, 0.25) is 87.9 Å². The molecule has 0 radical (unpaired) electrons. The summed E-state index contributed by atoms with van der Waals surface area (Å²) in [6, 6.07) is -35.5. The van der Waals surface area contributed by atoms with Crippen molar-refractivity contribution in [3.63, 3.8) is 0 Å². The third kappa shape index (κ3) is 47.2.